The molecule has 1 aromatic carbocycles. The number of rotatable bonds is 5. The van der Waals surface area contributed by atoms with Gasteiger partial charge in [0, 0.05) is 17.2 Å². The Balaban J connectivity index is 1.99. The van der Waals surface area contributed by atoms with Crippen molar-refractivity contribution in [3.63, 3.8) is 0 Å². The van der Waals surface area contributed by atoms with E-state index >= 15 is 0 Å². The number of nitrogens with zero attached hydrogens (tertiary/aromatic N) is 1. The Morgan fingerprint density at radius 3 is 2.38 bits per heavy atom. The number of amides is 2. The number of carbonyl (C=O) groups is 2. The van der Waals surface area contributed by atoms with Crippen molar-refractivity contribution in [3.05, 3.63) is 35.9 Å². The highest BCUT2D eigenvalue weighted by Crippen LogP contribution is 2.30. The van der Waals surface area contributed by atoms with Gasteiger partial charge in [0.1, 0.15) is 6.04 Å². The zero-order valence-electron chi connectivity index (χ0n) is 16.8. The summed E-state index contributed by atoms with van der Waals surface area (Å²) in [6, 6.07) is 10.0. The van der Waals surface area contributed by atoms with E-state index in [2.05, 4.69) is 31.3 Å². The first-order chi connectivity index (χ1) is 12.0. The quantitative estimate of drug-likeness (QED) is 0.850. The van der Waals surface area contributed by atoms with E-state index in [0.717, 1.165) is 6.42 Å². The van der Waals surface area contributed by atoms with Gasteiger partial charge in [0.15, 0.2) is 0 Å². The van der Waals surface area contributed by atoms with Crippen molar-refractivity contribution in [3.8, 4) is 0 Å². The van der Waals surface area contributed by atoms with Crippen LogP contribution in [-0.2, 0) is 15.0 Å². The van der Waals surface area contributed by atoms with Crippen molar-refractivity contribution in [2.75, 3.05) is 11.6 Å². The Morgan fingerprint density at radius 2 is 1.81 bits per heavy atom. The number of hydrogen-bond donors (Lipinski definition) is 1. The molecule has 0 spiro atoms. The van der Waals surface area contributed by atoms with Crippen LogP contribution in [-0.4, -0.2) is 40.4 Å². The fourth-order valence-electron chi connectivity index (χ4n) is 3.45. The molecule has 5 heteroatoms. The van der Waals surface area contributed by atoms with Gasteiger partial charge in [-0.2, -0.15) is 0 Å². The van der Waals surface area contributed by atoms with Gasteiger partial charge in [-0.05, 0) is 24.3 Å². The number of nitrogens with one attached hydrogen (secondary N) is 1. The molecule has 1 saturated heterocycles. The molecule has 0 radical (unpaired) electrons. The molecule has 1 aliphatic rings. The second kappa shape index (κ2) is 8.03. The van der Waals surface area contributed by atoms with Gasteiger partial charge in [-0.15, -0.1) is 11.8 Å². The molecule has 2 amide bonds. The summed E-state index contributed by atoms with van der Waals surface area (Å²) >= 11 is 1.64. The molecule has 1 aromatic rings. The highest BCUT2D eigenvalue weighted by molar-refractivity contribution is 7.99. The Morgan fingerprint density at radius 1 is 1.19 bits per heavy atom. The highest BCUT2D eigenvalue weighted by atomic mass is 32.2. The second-order valence-corrected chi connectivity index (χ2v) is 9.90. The largest absolute Gasteiger partial charge is 0.352 e. The van der Waals surface area contributed by atoms with Crippen LogP contribution in [0.5, 0.6) is 0 Å². The molecule has 4 nitrogen and oxygen atoms in total. The third-order valence-corrected chi connectivity index (χ3v) is 5.86. The smallest absolute Gasteiger partial charge is 0.243 e. The molecule has 1 N–H and O–H groups in total. The van der Waals surface area contributed by atoms with E-state index < -0.39 is 5.41 Å². The molecule has 1 aliphatic heterocycles. The third-order valence-electron chi connectivity index (χ3n) is 4.85. The molecule has 26 heavy (non-hydrogen) atoms. The van der Waals surface area contributed by atoms with Gasteiger partial charge in [0.2, 0.25) is 11.8 Å². The van der Waals surface area contributed by atoms with E-state index in [1.54, 1.807) is 16.7 Å². The van der Waals surface area contributed by atoms with Crippen LogP contribution in [0.15, 0.2) is 30.3 Å². The summed E-state index contributed by atoms with van der Waals surface area (Å²) in [7, 11) is 0. The fraction of sp³-hybridized carbons (Fsp3) is 0.619. The Hall–Kier alpha value is -1.49. The van der Waals surface area contributed by atoms with Crippen molar-refractivity contribution in [2.45, 2.75) is 65.5 Å². The van der Waals surface area contributed by atoms with Crippen LogP contribution >= 0.6 is 11.8 Å². The average Bonchev–Trinajstić information content (AvgIpc) is 3.03. The molecule has 0 bridgehead atoms. The first-order valence-corrected chi connectivity index (χ1v) is 10.4. The lowest BCUT2D eigenvalue weighted by Gasteiger charge is -2.32. The summed E-state index contributed by atoms with van der Waals surface area (Å²) in [4.78, 5) is 27.1. The van der Waals surface area contributed by atoms with Crippen LogP contribution in [0, 0.1) is 5.41 Å². The van der Waals surface area contributed by atoms with Gasteiger partial charge >= 0.3 is 0 Å². The SMILES string of the molecule is CC(CC(C)(C)c1ccccc1)NC(=O)C1CSCN1C(=O)C(C)(C)C. The van der Waals surface area contributed by atoms with Gasteiger partial charge in [-0.3, -0.25) is 9.59 Å². The van der Waals surface area contributed by atoms with Gasteiger partial charge in [-0.1, -0.05) is 65.0 Å². The van der Waals surface area contributed by atoms with E-state index in [-0.39, 0.29) is 29.3 Å². The zero-order chi connectivity index (χ0) is 19.5. The molecule has 1 fully saturated rings. The van der Waals surface area contributed by atoms with Crippen LogP contribution in [0.3, 0.4) is 0 Å². The summed E-state index contributed by atoms with van der Waals surface area (Å²) < 4.78 is 0. The van der Waals surface area contributed by atoms with Gasteiger partial charge < -0.3 is 10.2 Å². The van der Waals surface area contributed by atoms with E-state index in [1.165, 1.54) is 5.56 Å². The van der Waals surface area contributed by atoms with Gasteiger partial charge in [-0.25, -0.2) is 0 Å². The second-order valence-electron chi connectivity index (χ2n) is 8.90. The number of thioether (sulfide) groups is 1. The number of benzene rings is 1. The third kappa shape index (κ3) is 5.03. The first-order valence-electron chi connectivity index (χ1n) is 9.27. The minimum absolute atomic E-state index is 0.0285. The van der Waals surface area contributed by atoms with Crippen molar-refractivity contribution in [2.24, 2.45) is 5.41 Å². The lowest BCUT2D eigenvalue weighted by Crippen LogP contribution is -2.52. The van der Waals surface area contributed by atoms with E-state index in [9.17, 15) is 9.59 Å². The van der Waals surface area contributed by atoms with Crippen molar-refractivity contribution in [1.29, 1.82) is 0 Å². The van der Waals surface area contributed by atoms with Crippen LogP contribution < -0.4 is 5.32 Å². The number of carbonyl (C=O) groups excluding carboxylic acids is 2. The topological polar surface area (TPSA) is 49.4 Å². The normalized spacial score (nSPS) is 19.3. The van der Waals surface area contributed by atoms with Crippen LogP contribution in [0.2, 0.25) is 0 Å². The maximum atomic E-state index is 12.8. The lowest BCUT2D eigenvalue weighted by atomic mass is 9.79. The van der Waals surface area contributed by atoms with E-state index in [1.807, 2.05) is 45.9 Å². The molecular weight excluding hydrogens is 344 g/mol. The zero-order valence-corrected chi connectivity index (χ0v) is 17.7. The molecule has 2 rings (SSSR count). The predicted octanol–water partition coefficient (Wildman–Crippen LogP) is 3.81. The van der Waals surface area contributed by atoms with Crippen molar-refractivity contribution >= 4 is 23.6 Å². The summed E-state index contributed by atoms with van der Waals surface area (Å²) in [5.41, 5.74) is 0.769. The Bertz CT molecular complexity index is 637. The minimum atomic E-state index is -0.468. The maximum Gasteiger partial charge on any atom is 0.243 e. The van der Waals surface area contributed by atoms with Crippen molar-refractivity contribution < 1.29 is 9.59 Å². The Kier molecular flexibility index (Phi) is 6.43. The summed E-state index contributed by atoms with van der Waals surface area (Å²) in [6.07, 6.45) is 0.843. The first kappa shape index (κ1) is 20.8. The minimum Gasteiger partial charge on any atom is -0.352 e. The summed E-state index contributed by atoms with van der Waals surface area (Å²) in [6.45, 7) is 12.1. The average molecular weight is 377 g/mol. The fourth-order valence-corrected chi connectivity index (χ4v) is 4.61. The molecule has 0 saturated carbocycles. The summed E-state index contributed by atoms with van der Waals surface area (Å²) in [5.74, 6) is 1.27. The molecule has 2 unspecified atom stereocenters. The Labute approximate surface area is 162 Å². The maximum absolute atomic E-state index is 12.8. The molecule has 144 valence electrons. The molecule has 1 heterocycles. The summed E-state index contributed by atoms with van der Waals surface area (Å²) in [5, 5.41) is 3.14. The molecule has 2 atom stereocenters. The standard InChI is InChI=1S/C21H32N2O2S/c1-15(12-21(5,6)16-10-8-7-9-11-16)22-18(24)17-13-26-14-23(17)19(25)20(2,3)4/h7-11,15,17H,12-14H2,1-6H3,(H,22,24). The van der Waals surface area contributed by atoms with Crippen LogP contribution in [0.1, 0.15) is 53.5 Å². The van der Waals surface area contributed by atoms with E-state index in [4.69, 9.17) is 0 Å². The van der Waals surface area contributed by atoms with E-state index in [0.29, 0.717) is 11.6 Å². The molecular formula is C21H32N2O2S. The van der Waals surface area contributed by atoms with Crippen LogP contribution in [0.4, 0.5) is 0 Å². The molecule has 0 aliphatic carbocycles. The van der Waals surface area contributed by atoms with Gasteiger partial charge in [0.25, 0.3) is 0 Å². The predicted molar refractivity (Wildman–Crippen MR) is 109 cm³/mol. The number of hydrogen-bond acceptors (Lipinski definition) is 3. The van der Waals surface area contributed by atoms with Crippen LogP contribution in [0.25, 0.3) is 0 Å². The van der Waals surface area contributed by atoms with Crippen molar-refractivity contribution in [1.82, 2.24) is 10.2 Å². The van der Waals surface area contributed by atoms with Gasteiger partial charge in [0.05, 0.1) is 5.88 Å². The highest BCUT2D eigenvalue weighted by Gasteiger charge is 2.39. The molecule has 0 aromatic heterocycles. The monoisotopic (exact) mass is 376 g/mol. The lowest BCUT2D eigenvalue weighted by molar-refractivity contribution is -0.144.